The predicted molar refractivity (Wildman–Crippen MR) is 84.3 cm³/mol. The molecule has 0 radical (unpaired) electrons. The number of pyridine rings is 1. The Morgan fingerprint density at radius 1 is 1.30 bits per heavy atom. The third-order valence-corrected chi connectivity index (χ3v) is 3.30. The van der Waals surface area contributed by atoms with Gasteiger partial charge in [-0.2, -0.15) is 0 Å². The fourth-order valence-corrected chi connectivity index (χ4v) is 2.24. The van der Waals surface area contributed by atoms with Gasteiger partial charge in [-0.25, -0.2) is 0 Å². The molecule has 0 atom stereocenters. The molecule has 7 nitrogen and oxygen atoms in total. The summed E-state index contributed by atoms with van der Waals surface area (Å²) < 4.78 is 16.3. The van der Waals surface area contributed by atoms with Crippen molar-refractivity contribution >= 4 is 17.6 Å². The molecular weight excluding hydrogens is 320 g/mol. The fraction of sp³-hybridized carbons (Fsp3) is 0.133. The smallest absolute Gasteiger partial charge is 0.313 e. The minimum atomic E-state index is -0.0213. The van der Waals surface area contributed by atoms with Gasteiger partial charge in [-0.3, -0.25) is 4.98 Å². The van der Waals surface area contributed by atoms with E-state index in [4.69, 9.17) is 31.2 Å². The average molecular weight is 333 g/mol. The Morgan fingerprint density at radius 2 is 2.17 bits per heavy atom. The fourth-order valence-electron chi connectivity index (χ4n) is 1.97. The number of hydrogen-bond donors (Lipinski definition) is 1. The van der Waals surface area contributed by atoms with Gasteiger partial charge in [0.05, 0.1) is 12.1 Å². The average Bonchev–Trinajstić information content (AvgIpc) is 3.00. The van der Waals surface area contributed by atoms with Crippen LogP contribution in [0.3, 0.4) is 0 Å². The van der Waals surface area contributed by atoms with Gasteiger partial charge in [-0.1, -0.05) is 22.8 Å². The van der Waals surface area contributed by atoms with Crippen molar-refractivity contribution in [2.45, 2.75) is 6.61 Å². The second-order valence-corrected chi connectivity index (χ2v) is 4.99. The number of nitrogen functional groups attached to an aromatic ring is 1. The maximum Gasteiger partial charge on any atom is 0.313 e. The van der Waals surface area contributed by atoms with Crippen molar-refractivity contribution in [3.05, 3.63) is 47.2 Å². The van der Waals surface area contributed by atoms with Crippen LogP contribution >= 0.6 is 11.6 Å². The maximum atomic E-state index is 6.29. The first-order valence-corrected chi connectivity index (χ1v) is 7.03. The monoisotopic (exact) mass is 332 g/mol. The van der Waals surface area contributed by atoms with Crippen LogP contribution in [0, 0.1) is 0 Å². The molecule has 0 aliphatic heterocycles. The summed E-state index contributed by atoms with van der Waals surface area (Å²) in [4.78, 5) is 4.03. The van der Waals surface area contributed by atoms with Gasteiger partial charge in [-0.05, 0) is 18.2 Å². The maximum absolute atomic E-state index is 6.29. The number of halogens is 1. The molecule has 118 valence electrons. The largest absolute Gasteiger partial charge is 0.493 e. The van der Waals surface area contributed by atoms with Gasteiger partial charge in [0.2, 0.25) is 5.89 Å². The minimum absolute atomic E-state index is 0.0213. The number of rotatable bonds is 5. The first kappa shape index (κ1) is 15.1. The highest BCUT2D eigenvalue weighted by Crippen LogP contribution is 2.39. The number of nitrogens with zero attached hydrogens (tertiary/aromatic N) is 3. The van der Waals surface area contributed by atoms with Gasteiger partial charge in [0.1, 0.15) is 6.61 Å². The zero-order valence-electron chi connectivity index (χ0n) is 12.2. The highest BCUT2D eigenvalue weighted by molar-refractivity contribution is 6.32. The molecule has 2 N–H and O–H groups in total. The summed E-state index contributed by atoms with van der Waals surface area (Å²) in [5.74, 6) is 1.13. The van der Waals surface area contributed by atoms with Crippen molar-refractivity contribution in [1.82, 2.24) is 15.2 Å². The summed E-state index contributed by atoms with van der Waals surface area (Å²) in [5, 5.41) is 7.80. The van der Waals surface area contributed by atoms with Crippen LogP contribution in [-0.2, 0) is 6.61 Å². The molecule has 0 bridgehead atoms. The summed E-state index contributed by atoms with van der Waals surface area (Å²) in [6.07, 6.45) is 3.41. The van der Waals surface area contributed by atoms with Crippen LogP contribution in [0.25, 0.3) is 11.5 Å². The third kappa shape index (κ3) is 3.35. The van der Waals surface area contributed by atoms with E-state index < -0.39 is 0 Å². The zero-order valence-corrected chi connectivity index (χ0v) is 12.9. The topological polar surface area (TPSA) is 96.3 Å². The van der Waals surface area contributed by atoms with E-state index in [1.807, 2.05) is 12.1 Å². The van der Waals surface area contributed by atoms with Crippen LogP contribution in [0.2, 0.25) is 5.02 Å². The Bertz CT molecular complexity index is 808. The summed E-state index contributed by atoms with van der Waals surface area (Å²) in [6, 6.07) is 7.06. The molecule has 0 spiro atoms. The first-order valence-electron chi connectivity index (χ1n) is 6.66. The van der Waals surface area contributed by atoms with Crippen molar-refractivity contribution in [2.75, 3.05) is 12.8 Å². The third-order valence-electron chi connectivity index (χ3n) is 3.02. The van der Waals surface area contributed by atoms with Gasteiger partial charge in [-0.15, -0.1) is 5.10 Å². The van der Waals surface area contributed by atoms with Gasteiger partial charge >= 0.3 is 6.01 Å². The van der Waals surface area contributed by atoms with Crippen LogP contribution in [0.5, 0.6) is 11.5 Å². The molecule has 3 aromatic rings. The van der Waals surface area contributed by atoms with E-state index in [1.165, 1.54) is 7.11 Å². The Morgan fingerprint density at radius 3 is 2.83 bits per heavy atom. The summed E-state index contributed by atoms with van der Waals surface area (Å²) in [5.41, 5.74) is 6.94. The van der Waals surface area contributed by atoms with E-state index in [1.54, 1.807) is 24.5 Å². The van der Waals surface area contributed by atoms with Crippen LogP contribution in [0.15, 0.2) is 41.1 Å². The number of hydrogen-bond acceptors (Lipinski definition) is 7. The van der Waals surface area contributed by atoms with E-state index >= 15 is 0 Å². The molecule has 0 saturated heterocycles. The van der Waals surface area contributed by atoms with E-state index in [0.29, 0.717) is 28.7 Å². The van der Waals surface area contributed by atoms with Crippen molar-refractivity contribution in [3.8, 4) is 23.0 Å². The van der Waals surface area contributed by atoms with E-state index in [2.05, 4.69) is 15.2 Å². The molecule has 8 heteroatoms. The number of aromatic nitrogens is 3. The van der Waals surface area contributed by atoms with Crippen LogP contribution in [0.4, 0.5) is 6.01 Å². The quantitative estimate of drug-likeness (QED) is 0.767. The van der Waals surface area contributed by atoms with Gasteiger partial charge in [0.15, 0.2) is 11.5 Å². The zero-order chi connectivity index (χ0) is 16.2. The van der Waals surface area contributed by atoms with E-state index in [9.17, 15) is 0 Å². The number of benzene rings is 1. The highest BCUT2D eigenvalue weighted by atomic mass is 35.5. The molecule has 1 aromatic carbocycles. The molecule has 2 heterocycles. The van der Waals surface area contributed by atoms with Crippen LogP contribution in [-0.4, -0.2) is 22.3 Å². The molecule has 0 aliphatic rings. The molecule has 0 unspecified atom stereocenters. The molecule has 2 aromatic heterocycles. The molecular formula is C15H13ClN4O3. The van der Waals surface area contributed by atoms with E-state index in [0.717, 1.165) is 5.56 Å². The Hall–Kier alpha value is -2.80. The van der Waals surface area contributed by atoms with Gasteiger partial charge in [0.25, 0.3) is 0 Å². The lowest BCUT2D eigenvalue weighted by molar-refractivity contribution is 0.284. The van der Waals surface area contributed by atoms with Gasteiger partial charge < -0.3 is 19.6 Å². The Balaban J connectivity index is 1.88. The van der Waals surface area contributed by atoms with Crippen molar-refractivity contribution in [3.63, 3.8) is 0 Å². The lowest BCUT2D eigenvalue weighted by Gasteiger charge is -2.13. The standard InChI is InChI=1S/C15H13ClN4O3/c1-21-12-6-10(14-19-20-15(17)23-14)5-11(16)13(12)22-8-9-3-2-4-18-7-9/h2-7H,8H2,1H3,(H2,17,20). The number of ether oxygens (including phenoxy) is 2. The first-order chi connectivity index (χ1) is 11.2. The number of nitrogens with two attached hydrogens (primary N) is 1. The molecule has 0 saturated carbocycles. The molecule has 23 heavy (non-hydrogen) atoms. The van der Waals surface area contributed by atoms with Crippen molar-refractivity contribution in [2.24, 2.45) is 0 Å². The highest BCUT2D eigenvalue weighted by Gasteiger charge is 2.16. The lowest BCUT2D eigenvalue weighted by atomic mass is 10.2. The predicted octanol–water partition coefficient (Wildman–Crippen LogP) is 2.95. The minimum Gasteiger partial charge on any atom is -0.493 e. The summed E-state index contributed by atoms with van der Waals surface area (Å²) in [6.45, 7) is 0.316. The summed E-state index contributed by atoms with van der Waals surface area (Å²) >= 11 is 6.29. The van der Waals surface area contributed by atoms with Crippen molar-refractivity contribution in [1.29, 1.82) is 0 Å². The SMILES string of the molecule is COc1cc(-c2nnc(N)o2)cc(Cl)c1OCc1cccnc1. The molecule has 3 rings (SSSR count). The summed E-state index contributed by atoms with van der Waals surface area (Å²) in [7, 11) is 1.52. The molecule has 0 amide bonds. The molecule has 0 fully saturated rings. The van der Waals surface area contributed by atoms with Crippen LogP contribution in [0.1, 0.15) is 5.56 Å². The Kier molecular flexibility index (Phi) is 4.29. The second-order valence-electron chi connectivity index (χ2n) is 4.58. The number of methoxy groups -OCH3 is 1. The normalized spacial score (nSPS) is 10.5. The van der Waals surface area contributed by atoms with E-state index in [-0.39, 0.29) is 11.9 Å². The number of anilines is 1. The lowest BCUT2D eigenvalue weighted by Crippen LogP contribution is -1.99. The molecule has 0 aliphatic carbocycles. The van der Waals surface area contributed by atoms with Gasteiger partial charge in [0, 0.05) is 23.5 Å². The van der Waals surface area contributed by atoms with Crippen LogP contribution < -0.4 is 15.2 Å². The van der Waals surface area contributed by atoms with Crippen molar-refractivity contribution < 1.29 is 13.9 Å². The second kappa shape index (κ2) is 6.53. The Labute approximate surface area is 137 Å².